The number of hydrogen-bond acceptors (Lipinski definition) is 5. The van der Waals surface area contributed by atoms with Crippen molar-refractivity contribution in [3.05, 3.63) is 48.0 Å². The Morgan fingerprint density at radius 3 is 2.54 bits per heavy atom. The summed E-state index contributed by atoms with van der Waals surface area (Å²) in [4.78, 5) is 33.9. The number of ether oxygens (including phenoxy) is 2. The SMILES string of the molecule is CCOC(=O)C=CCCC(NC(=O)OCc1ccccc1)C(=O)O. The Hall–Kier alpha value is -2.83. The number of allylic oxidation sites excluding steroid dienone is 1. The molecule has 1 atom stereocenters. The summed E-state index contributed by atoms with van der Waals surface area (Å²) in [5.41, 5.74) is 0.803. The van der Waals surface area contributed by atoms with Crippen LogP contribution in [0.5, 0.6) is 0 Å². The minimum atomic E-state index is -1.17. The molecule has 0 heterocycles. The molecule has 1 unspecified atom stereocenters. The normalized spacial score (nSPS) is 11.7. The van der Waals surface area contributed by atoms with Gasteiger partial charge in [-0.3, -0.25) is 0 Å². The monoisotopic (exact) mass is 335 g/mol. The van der Waals surface area contributed by atoms with Gasteiger partial charge in [-0.25, -0.2) is 14.4 Å². The number of nitrogens with one attached hydrogen (secondary N) is 1. The molecule has 130 valence electrons. The van der Waals surface area contributed by atoms with Crippen molar-refractivity contribution in [3.63, 3.8) is 0 Å². The number of hydrogen-bond donors (Lipinski definition) is 2. The predicted octanol–water partition coefficient (Wildman–Crippen LogP) is 2.27. The van der Waals surface area contributed by atoms with Gasteiger partial charge in [0.25, 0.3) is 0 Å². The van der Waals surface area contributed by atoms with Gasteiger partial charge in [-0.05, 0) is 25.3 Å². The molecule has 1 aromatic carbocycles. The number of esters is 1. The number of alkyl carbamates (subject to hydrolysis) is 1. The zero-order valence-electron chi connectivity index (χ0n) is 13.4. The lowest BCUT2D eigenvalue weighted by Crippen LogP contribution is -2.40. The maximum absolute atomic E-state index is 11.7. The molecule has 2 N–H and O–H groups in total. The van der Waals surface area contributed by atoms with Gasteiger partial charge in [0.15, 0.2) is 0 Å². The van der Waals surface area contributed by atoms with Crippen molar-refractivity contribution in [2.24, 2.45) is 0 Å². The van der Waals surface area contributed by atoms with Gasteiger partial charge in [0.2, 0.25) is 0 Å². The molecule has 0 saturated carbocycles. The van der Waals surface area contributed by atoms with Gasteiger partial charge in [-0.1, -0.05) is 36.4 Å². The zero-order chi connectivity index (χ0) is 17.8. The van der Waals surface area contributed by atoms with Gasteiger partial charge in [0.1, 0.15) is 12.6 Å². The van der Waals surface area contributed by atoms with E-state index in [1.54, 1.807) is 19.1 Å². The first-order valence-electron chi connectivity index (χ1n) is 7.56. The highest BCUT2D eigenvalue weighted by Gasteiger charge is 2.19. The third kappa shape index (κ3) is 7.98. The van der Waals surface area contributed by atoms with Gasteiger partial charge < -0.3 is 19.9 Å². The van der Waals surface area contributed by atoms with Gasteiger partial charge in [0, 0.05) is 6.08 Å². The van der Waals surface area contributed by atoms with E-state index in [-0.39, 0.29) is 19.6 Å². The van der Waals surface area contributed by atoms with Crippen molar-refractivity contribution in [2.75, 3.05) is 6.61 Å². The van der Waals surface area contributed by atoms with E-state index in [1.807, 2.05) is 18.2 Å². The van der Waals surface area contributed by atoms with Crippen molar-refractivity contribution in [1.82, 2.24) is 5.32 Å². The molecule has 0 bridgehead atoms. The Kier molecular flexibility index (Phi) is 8.67. The largest absolute Gasteiger partial charge is 0.480 e. The van der Waals surface area contributed by atoms with Crippen LogP contribution < -0.4 is 5.32 Å². The Morgan fingerprint density at radius 1 is 1.21 bits per heavy atom. The van der Waals surface area contributed by atoms with Crippen LogP contribution in [0.25, 0.3) is 0 Å². The maximum atomic E-state index is 11.7. The fraction of sp³-hybridized carbons (Fsp3) is 0.353. The number of amides is 1. The van der Waals surface area contributed by atoms with Gasteiger partial charge >= 0.3 is 18.0 Å². The van der Waals surface area contributed by atoms with E-state index in [0.29, 0.717) is 6.42 Å². The Balaban J connectivity index is 2.38. The van der Waals surface area contributed by atoms with Crippen LogP contribution in [0.3, 0.4) is 0 Å². The molecule has 7 nitrogen and oxygen atoms in total. The predicted molar refractivity (Wildman–Crippen MR) is 86.2 cm³/mol. The third-order valence-corrected chi connectivity index (χ3v) is 2.97. The molecule has 1 aromatic rings. The molecule has 0 aliphatic carbocycles. The first kappa shape index (κ1) is 19.2. The van der Waals surface area contributed by atoms with Crippen LogP contribution in [0.2, 0.25) is 0 Å². The second-order valence-corrected chi connectivity index (χ2v) is 4.83. The smallest absolute Gasteiger partial charge is 0.408 e. The molecule has 0 aliphatic rings. The Labute approximate surface area is 140 Å². The van der Waals surface area contributed by atoms with Crippen LogP contribution >= 0.6 is 0 Å². The van der Waals surface area contributed by atoms with Crippen LogP contribution in [0.1, 0.15) is 25.3 Å². The first-order chi connectivity index (χ1) is 11.5. The summed E-state index contributed by atoms with van der Waals surface area (Å²) >= 11 is 0. The molecule has 0 fully saturated rings. The summed E-state index contributed by atoms with van der Waals surface area (Å²) in [7, 11) is 0. The average Bonchev–Trinajstić information content (AvgIpc) is 2.56. The van der Waals surface area contributed by atoms with E-state index in [0.717, 1.165) is 5.56 Å². The van der Waals surface area contributed by atoms with Crippen LogP contribution in [0, 0.1) is 0 Å². The average molecular weight is 335 g/mol. The van der Waals surface area contributed by atoms with Gasteiger partial charge in [-0.2, -0.15) is 0 Å². The van der Waals surface area contributed by atoms with Crippen LogP contribution in [-0.4, -0.2) is 35.8 Å². The quantitative estimate of drug-likeness (QED) is 0.530. The molecular weight excluding hydrogens is 314 g/mol. The zero-order valence-corrected chi connectivity index (χ0v) is 13.4. The Bertz CT molecular complexity index is 570. The topological polar surface area (TPSA) is 102 Å². The van der Waals surface area contributed by atoms with Crippen LogP contribution in [0.15, 0.2) is 42.5 Å². The number of aliphatic carboxylic acids is 1. The van der Waals surface area contributed by atoms with Crippen molar-refractivity contribution in [1.29, 1.82) is 0 Å². The van der Waals surface area contributed by atoms with E-state index in [9.17, 15) is 14.4 Å². The van der Waals surface area contributed by atoms with Crippen molar-refractivity contribution < 1.29 is 29.0 Å². The highest BCUT2D eigenvalue weighted by Crippen LogP contribution is 2.03. The summed E-state index contributed by atoms with van der Waals surface area (Å²) in [6.07, 6.45) is 2.36. The van der Waals surface area contributed by atoms with Crippen molar-refractivity contribution >= 4 is 18.0 Å². The second-order valence-electron chi connectivity index (χ2n) is 4.83. The third-order valence-electron chi connectivity index (χ3n) is 2.97. The molecule has 1 rings (SSSR count). The fourth-order valence-corrected chi connectivity index (χ4v) is 1.80. The Morgan fingerprint density at radius 2 is 1.92 bits per heavy atom. The molecule has 0 spiro atoms. The minimum Gasteiger partial charge on any atom is -0.480 e. The summed E-state index contributed by atoms with van der Waals surface area (Å²) in [5, 5.41) is 11.4. The van der Waals surface area contributed by atoms with E-state index in [2.05, 4.69) is 5.32 Å². The van der Waals surface area contributed by atoms with Crippen molar-refractivity contribution in [3.8, 4) is 0 Å². The molecule has 0 aliphatic heterocycles. The number of carboxylic acids is 1. The lowest BCUT2D eigenvalue weighted by Gasteiger charge is -2.13. The standard InChI is InChI=1S/C17H21NO6/c1-2-23-15(19)11-7-6-10-14(16(20)21)18-17(22)24-12-13-8-4-3-5-9-13/h3-5,7-9,11,14H,2,6,10,12H2,1H3,(H,18,22)(H,20,21). The number of carbonyl (C=O) groups is 3. The first-order valence-corrected chi connectivity index (χ1v) is 7.56. The summed E-state index contributed by atoms with van der Waals surface area (Å²) in [6.45, 7) is 2.02. The number of carboxylic acid groups (broad SMARTS) is 1. The summed E-state index contributed by atoms with van der Waals surface area (Å²) in [5.74, 6) is -1.66. The van der Waals surface area contributed by atoms with Crippen LogP contribution in [-0.2, 0) is 25.7 Å². The van der Waals surface area contributed by atoms with E-state index < -0.39 is 24.1 Å². The number of rotatable bonds is 9. The molecular formula is C17H21NO6. The van der Waals surface area contributed by atoms with Crippen molar-refractivity contribution in [2.45, 2.75) is 32.4 Å². The highest BCUT2D eigenvalue weighted by molar-refractivity contribution is 5.82. The molecule has 0 radical (unpaired) electrons. The van der Waals surface area contributed by atoms with Crippen LogP contribution in [0.4, 0.5) is 4.79 Å². The molecule has 24 heavy (non-hydrogen) atoms. The summed E-state index contributed by atoms with van der Waals surface area (Å²) < 4.78 is 9.68. The number of carbonyl (C=O) groups excluding carboxylic acids is 2. The molecule has 1 amide bonds. The lowest BCUT2D eigenvalue weighted by atomic mass is 10.1. The molecule has 0 saturated heterocycles. The van der Waals surface area contributed by atoms with E-state index >= 15 is 0 Å². The lowest BCUT2D eigenvalue weighted by molar-refractivity contribution is -0.139. The minimum absolute atomic E-state index is 0.0573. The molecule has 0 aromatic heterocycles. The maximum Gasteiger partial charge on any atom is 0.408 e. The van der Waals surface area contributed by atoms with E-state index in [1.165, 1.54) is 12.2 Å². The second kappa shape index (κ2) is 10.8. The fourth-order valence-electron chi connectivity index (χ4n) is 1.80. The highest BCUT2D eigenvalue weighted by atomic mass is 16.5. The number of benzene rings is 1. The van der Waals surface area contributed by atoms with Gasteiger partial charge in [-0.15, -0.1) is 0 Å². The van der Waals surface area contributed by atoms with E-state index in [4.69, 9.17) is 14.6 Å². The summed E-state index contributed by atoms with van der Waals surface area (Å²) in [6, 6.07) is 7.96. The molecule has 7 heteroatoms. The van der Waals surface area contributed by atoms with Gasteiger partial charge in [0.05, 0.1) is 6.61 Å².